The lowest BCUT2D eigenvalue weighted by molar-refractivity contribution is 0.424. The van der Waals surface area contributed by atoms with Crippen LogP contribution in [0, 0.1) is 11.2 Å². The molecular weight excluding hydrogens is 311 g/mol. The van der Waals surface area contributed by atoms with Gasteiger partial charge < -0.3 is 0 Å². The highest BCUT2D eigenvalue weighted by Gasteiger charge is 2.17. The molecule has 0 unspecified atom stereocenters. The van der Waals surface area contributed by atoms with Crippen molar-refractivity contribution in [3.05, 3.63) is 34.1 Å². The first kappa shape index (κ1) is 12.2. The molecule has 0 N–H and O–H groups in total. The fraction of sp³-hybridized carbons (Fsp3) is 0.455. The zero-order valence-electron chi connectivity index (χ0n) is 8.28. The molecule has 0 aliphatic rings. The summed E-state index contributed by atoms with van der Waals surface area (Å²) in [5.74, 6) is -0.181. The average molecular weight is 324 g/mol. The van der Waals surface area contributed by atoms with Gasteiger partial charge in [0, 0.05) is 9.80 Å². The minimum absolute atomic E-state index is 0.160. The van der Waals surface area contributed by atoms with E-state index in [1.165, 1.54) is 6.07 Å². The SMILES string of the molecule is CC(C)(CBr)Cc1cc(F)cc(Br)c1. The molecule has 1 aromatic carbocycles. The summed E-state index contributed by atoms with van der Waals surface area (Å²) in [6.07, 6.45) is 0.870. The van der Waals surface area contributed by atoms with Crippen molar-refractivity contribution in [2.75, 3.05) is 5.33 Å². The van der Waals surface area contributed by atoms with Gasteiger partial charge in [-0.2, -0.15) is 0 Å². The number of hydrogen-bond acceptors (Lipinski definition) is 0. The Hall–Kier alpha value is 0.110. The van der Waals surface area contributed by atoms with E-state index in [4.69, 9.17) is 0 Å². The molecule has 3 heteroatoms. The quantitative estimate of drug-likeness (QED) is 0.716. The van der Waals surface area contributed by atoms with Gasteiger partial charge in [0.25, 0.3) is 0 Å². The Morgan fingerprint density at radius 2 is 1.93 bits per heavy atom. The number of benzene rings is 1. The average Bonchev–Trinajstić information content (AvgIpc) is 2.01. The van der Waals surface area contributed by atoms with E-state index in [0.717, 1.165) is 21.8 Å². The molecule has 0 spiro atoms. The standard InChI is InChI=1S/C11H13Br2F/c1-11(2,7-12)6-8-3-9(13)5-10(14)4-8/h3-5H,6-7H2,1-2H3. The molecule has 0 radical (unpaired) electrons. The number of hydrogen-bond donors (Lipinski definition) is 0. The molecule has 0 fully saturated rings. The van der Waals surface area contributed by atoms with E-state index >= 15 is 0 Å². The van der Waals surface area contributed by atoms with Crippen LogP contribution in [0.15, 0.2) is 22.7 Å². The van der Waals surface area contributed by atoms with E-state index in [1.54, 1.807) is 6.07 Å². The van der Waals surface area contributed by atoms with Gasteiger partial charge in [-0.1, -0.05) is 45.7 Å². The van der Waals surface area contributed by atoms with Crippen molar-refractivity contribution in [3.63, 3.8) is 0 Å². The van der Waals surface area contributed by atoms with Crippen molar-refractivity contribution >= 4 is 31.9 Å². The van der Waals surface area contributed by atoms with E-state index < -0.39 is 0 Å². The van der Waals surface area contributed by atoms with Crippen LogP contribution in [0.25, 0.3) is 0 Å². The molecule has 0 saturated heterocycles. The van der Waals surface area contributed by atoms with E-state index in [-0.39, 0.29) is 11.2 Å². The minimum atomic E-state index is -0.181. The number of alkyl halides is 1. The maximum absolute atomic E-state index is 13.1. The van der Waals surface area contributed by atoms with Crippen LogP contribution in [-0.2, 0) is 6.42 Å². The van der Waals surface area contributed by atoms with E-state index in [0.29, 0.717) is 0 Å². The van der Waals surface area contributed by atoms with Crippen LogP contribution in [0.4, 0.5) is 4.39 Å². The number of rotatable bonds is 3. The molecule has 0 aliphatic carbocycles. The molecule has 0 saturated carbocycles. The van der Waals surface area contributed by atoms with Crippen LogP contribution in [-0.4, -0.2) is 5.33 Å². The lowest BCUT2D eigenvalue weighted by Crippen LogP contribution is -2.16. The van der Waals surface area contributed by atoms with Crippen LogP contribution in [0.2, 0.25) is 0 Å². The Bertz CT molecular complexity index is 301. The Labute approximate surface area is 101 Å². The molecule has 0 aromatic heterocycles. The fourth-order valence-electron chi connectivity index (χ4n) is 1.31. The summed E-state index contributed by atoms with van der Waals surface area (Å²) < 4.78 is 13.9. The highest BCUT2D eigenvalue weighted by Crippen LogP contribution is 2.26. The first-order valence-corrected chi connectivity index (χ1v) is 6.35. The molecule has 0 atom stereocenters. The van der Waals surface area contributed by atoms with Crippen LogP contribution in [0.5, 0.6) is 0 Å². The molecule has 14 heavy (non-hydrogen) atoms. The topological polar surface area (TPSA) is 0 Å². The Kier molecular flexibility index (Phi) is 4.14. The molecular formula is C11H13Br2F. The molecule has 0 heterocycles. The third-order valence-electron chi connectivity index (χ3n) is 1.97. The lowest BCUT2D eigenvalue weighted by atomic mass is 9.88. The summed E-state index contributed by atoms with van der Waals surface area (Å²) in [5.41, 5.74) is 1.19. The molecule has 0 amide bonds. The van der Waals surface area contributed by atoms with Gasteiger partial charge in [-0.3, -0.25) is 0 Å². The second-order valence-electron chi connectivity index (χ2n) is 4.25. The van der Waals surface area contributed by atoms with E-state index in [9.17, 15) is 4.39 Å². The van der Waals surface area contributed by atoms with Crippen molar-refractivity contribution < 1.29 is 4.39 Å². The second kappa shape index (κ2) is 4.75. The van der Waals surface area contributed by atoms with Crippen molar-refractivity contribution in [2.45, 2.75) is 20.3 Å². The molecule has 1 aromatic rings. The van der Waals surface area contributed by atoms with Crippen molar-refractivity contribution in [2.24, 2.45) is 5.41 Å². The monoisotopic (exact) mass is 322 g/mol. The summed E-state index contributed by atoms with van der Waals surface area (Å²) in [7, 11) is 0. The maximum Gasteiger partial charge on any atom is 0.124 e. The third-order valence-corrected chi connectivity index (χ3v) is 3.94. The van der Waals surface area contributed by atoms with Gasteiger partial charge in [0.15, 0.2) is 0 Å². The van der Waals surface area contributed by atoms with Crippen LogP contribution >= 0.6 is 31.9 Å². The minimum Gasteiger partial charge on any atom is -0.207 e. The Morgan fingerprint density at radius 3 is 2.43 bits per heavy atom. The van der Waals surface area contributed by atoms with Gasteiger partial charge in [-0.15, -0.1) is 0 Å². The van der Waals surface area contributed by atoms with Gasteiger partial charge in [0.1, 0.15) is 5.82 Å². The first-order chi connectivity index (χ1) is 6.43. The maximum atomic E-state index is 13.1. The summed E-state index contributed by atoms with van der Waals surface area (Å²) in [6, 6.07) is 5.04. The first-order valence-electron chi connectivity index (χ1n) is 4.44. The molecule has 78 valence electrons. The Balaban J connectivity index is 2.87. The third kappa shape index (κ3) is 3.70. The van der Waals surface area contributed by atoms with Crippen LogP contribution in [0.3, 0.4) is 0 Å². The fourth-order valence-corrected chi connectivity index (χ4v) is 2.02. The van der Waals surface area contributed by atoms with E-state index in [2.05, 4.69) is 45.7 Å². The smallest absolute Gasteiger partial charge is 0.124 e. The van der Waals surface area contributed by atoms with Crippen molar-refractivity contribution in [1.29, 1.82) is 0 Å². The zero-order chi connectivity index (χ0) is 10.8. The highest BCUT2D eigenvalue weighted by molar-refractivity contribution is 9.10. The Morgan fingerprint density at radius 1 is 1.29 bits per heavy atom. The van der Waals surface area contributed by atoms with Gasteiger partial charge >= 0.3 is 0 Å². The summed E-state index contributed by atoms with van der Waals surface area (Å²) >= 11 is 6.75. The largest absolute Gasteiger partial charge is 0.207 e. The molecule has 1 rings (SSSR count). The summed E-state index contributed by atoms with van der Waals surface area (Å²) in [6.45, 7) is 4.31. The van der Waals surface area contributed by atoms with Gasteiger partial charge in [-0.25, -0.2) is 4.39 Å². The summed E-state index contributed by atoms with van der Waals surface area (Å²) in [5, 5.41) is 0.911. The van der Waals surface area contributed by atoms with Crippen molar-refractivity contribution in [3.8, 4) is 0 Å². The van der Waals surface area contributed by atoms with E-state index in [1.807, 2.05) is 6.07 Å². The van der Waals surface area contributed by atoms with Crippen LogP contribution in [0.1, 0.15) is 19.4 Å². The second-order valence-corrected chi connectivity index (χ2v) is 5.73. The predicted octanol–water partition coefficient (Wildman–Crippen LogP) is 4.55. The molecule has 0 bridgehead atoms. The van der Waals surface area contributed by atoms with Gasteiger partial charge in [0.2, 0.25) is 0 Å². The van der Waals surface area contributed by atoms with Crippen molar-refractivity contribution in [1.82, 2.24) is 0 Å². The molecule has 0 nitrogen and oxygen atoms in total. The van der Waals surface area contributed by atoms with Gasteiger partial charge in [0.05, 0.1) is 0 Å². The highest BCUT2D eigenvalue weighted by atomic mass is 79.9. The van der Waals surface area contributed by atoms with Crippen LogP contribution < -0.4 is 0 Å². The van der Waals surface area contributed by atoms with Gasteiger partial charge in [-0.05, 0) is 35.6 Å². The summed E-state index contributed by atoms with van der Waals surface area (Å²) in [4.78, 5) is 0. The normalized spacial score (nSPS) is 11.8. The predicted molar refractivity (Wildman–Crippen MR) is 65.4 cm³/mol. The number of halogens is 3. The lowest BCUT2D eigenvalue weighted by Gasteiger charge is -2.21. The molecule has 0 aliphatic heterocycles. The zero-order valence-corrected chi connectivity index (χ0v) is 11.5.